The van der Waals surface area contributed by atoms with E-state index in [1.807, 2.05) is 48.5 Å². The van der Waals surface area contributed by atoms with Gasteiger partial charge in [-0.05, 0) is 76.2 Å². The summed E-state index contributed by atoms with van der Waals surface area (Å²) >= 11 is 6.64. The Kier molecular flexibility index (Phi) is 25.8. The molecule has 0 radical (unpaired) electrons. The molecular formula is C24H27Br2ClN8O4Pd2. The topological polar surface area (TPSA) is 179 Å². The Morgan fingerprint density at radius 3 is 1.39 bits per heavy atom. The summed E-state index contributed by atoms with van der Waals surface area (Å²) in [5.74, 6) is -0.839. The normalized spacial score (nSPS) is 11.3. The molecule has 0 atom stereocenters. The average molecular weight is 900 g/mol. The number of rotatable bonds is 10. The number of amides is 2. The van der Waals surface area contributed by atoms with E-state index in [1.165, 1.54) is 6.92 Å². The largest absolute Gasteiger partial charge is 2.00 e. The molecule has 17 heteroatoms. The third-order valence-electron chi connectivity index (χ3n) is 4.53. The van der Waals surface area contributed by atoms with Gasteiger partial charge in [-0.15, -0.1) is 0 Å². The van der Waals surface area contributed by atoms with Crippen molar-refractivity contribution in [2.75, 3.05) is 23.7 Å². The zero-order valence-electron chi connectivity index (χ0n) is 22.2. The maximum Gasteiger partial charge on any atom is 2.00 e. The summed E-state index contributed by atoms with van der Waals surface area (Å²) < 4.78 is 1.93. The van der Waals surface area contributed by atoms with Gasteiger partial charge >= 0.3 is 40.8 Å². The average Bonchev–Trinajstić information content (AvgIpc) is 2.93. The minimum Gasteiger partial charge on any atom is -1.00 e. The minimum absolute atomic E-state index is 0. The summed E-state index contributed by atoms with van der Waals surface area (Å²) in [7, 11) is 0. The number of nitrogens with zero attached hydrogens (tertiary/aromatic N) is 6. The van der Waals surface area contributed by atoms with Crippen LogP contribution < -0.4 is 23.0 Å². The molecule has 0 saturated carbocycles. The van der Waals surface area contributed by atoms with Crippen LogP contribution >= 0.6 is 31.9 Å². The molecule has 0 bridgehead atoms. The van der Waals surface area contributed by atoms with E-state index in [2.05, 4.69) is 73.9 Å². The van der Waals surface area contributed by atoms with Crippen LogP contribution in [0.5, 0.6) is 0 Å². The van der Waals surface area contributed by atoms with Gasteiger partial charge in [0.25, 0.3) is 0 Å². The number of oxime groups is 1. The van der Waals surface area contributed by atoms with E-state index in [4.69, 9.17) is 5.21 Å². The van der Waals surface area contributed by atoms with Gasteiger partial charge in [0, 0.05) is 37.5 Å². The van der Waals surface area contributed by atoms with Crippen molar-refractivity contribution in [2.24, 2.45) is 20.5 Å². The summed E-state index contributed by atoms with van der Waals surface area (Å²) in [6.07, 6.45) is 0. The second-order valence-corrected chi connectivity index (χ2v) is 9.27. The van der Waals surface area contributed by atoms with Crippen molar-refractivity contribution < 1.29 is 68.0 Å². The van der Waals surface area contributed by atoms with Crippen LogP contribution in [0.4, 0.5) is 11.4 Å². The van der Waals surface area contributed by atoms with Crippen molar-refractivity contribution in [3.63, 3.8) is 0 Å². The molecule has 2 aromatic carbocycles. The van der Waals surface area contributed by atoms with E-state index < -0.39 is 11.8 Å². The van der Waals surface area contributed by atoms with E-state index in [9.17, 15) is 14.8 Å². The molecule has 2 amide bonds. The quantitative estimate of drug-likeness (QED) is 0.143. The van der Waals surface area contributed by atoms with Crippen LogP contribution in [0.15, 0.2) is 78.0 Å². The Morgan fingerprint density at radius 2 is 1.07 bits per heavy atom. The molecule has 0 heterocycles. The molecule has 0 aliphatic rings. The maximum atomic E-state index is 11.5. The number of anilines is 2. The van der Waals surface area contributed by atoms with Gasteiger partial charge in [-0.1, -0.05) is 37.0 Å². The molecule has 0 unspecified atom stereocenters. The third-order valence-corrected chi connectivity index (χ3v) is 5.59. The van der Waals surface area contributed by atoms with Gasteiger partial charge < -0.3 is 69.3 Å². The van der Waals surface area contributed by atoms with Crippen molar-refractivity contribution >= 4 is 77.9 Å². The second kappa shape index (κ2) is 24.4. The Morgan fingerprint density at radius 1 is 0.732 bits per heavy atom. The summed E-state index contributed by atoms with van der Waals surface area (Å²) in [6, 6.07) is 14.8. The number of carbonyl (C=O) groups is 2. The van der Waals surface area contributed by atoms with Crippen molar-refractivity contribution in [1.82, 2.24) is 0 Å². The van der Waals surface area contributed by atoms with Gasteiger partial charge in [-0.25, -0.2) is 0 Å². The van der Waals surface area contributed by atoms with E-state index in [-0.39, 0.29) is 72.1 Å². The number of hydrogen-bond donors (Lipinski definition) is 3. The van der Waals surface area contributed by atoms with Crippen LogP contribution in [0.1, 0.15) is 27.7 Å². The zero-order valence-corrected chi connectivity index (χ0v) is 29.2. The van der Waals surface area contributed by atoms with Gasteiger partial charge in [0.2, 0.25) is 0 Å². The van der Waals surface area contributed by atoms with Crippen molar-refractivity contribution in [1.29, 1.82) is 0 Å². The van der Waals surface area contributed by atoms with Gasteiger partial charge in [0.15, 0.2) is 0 Å². The monoisotopic (exact) mass is 896 g/mol. The van der Waals surface area contributed by atoms with Crippen molar-refractivity contribution in [2.45, 2.75) is 27.7 Å². The van der Waals surface area contributed by atoms with Crippen LogP contribution in [0, 0.1) is 5.21 Å². The molecule has 0 aliphatic heterocycles. The predicted molar refractivity (Wildman–Crippen MR) is 160 cm³/mol. The van der Waals surface area contributed by atoms with Crippen LogP contribution in [-0.4, -0.2) is 53.0 Å². The molecule has 2 aromatic rings. The molecule has 0 fully saturated rings. The predicted octanol–water partition coefficient (Wildman–Crippen LogP) is 3.08. The maximum absolute atomic E-state index is 11.5. The van der Waals surface area contributed by atoms with Crippen LogP contribution in [0.25, 0.3) is 10.9 Å². The van der Waals surface area contributed by atoms with Crippen LogP contribution in [0.3, 0.4) is 0 Å². The van der Waals surface area contributed by atoms with Crippen LogP contribution in [0.2, 0.25) is 0 Å². The first-order valence-electron chi connectivity index (χ1n) is 11.0. The SMILES string of the molecule is CC(=N\O)/C(C)=N/[N-]C(=O)CNc1ccc(Br)cc1.CC(=N\[O-])/C(C)=N/[N-]C(=O)CNc1ccc(Br)cc1.[Cl-].[Pd+2].[Pd+2]. The molecule has 0 aliphatic carbocycles. The number of hydrogen-bond acceptors (Lipinski definition) is 10. The molecule has 12 nitrogen and oxygen atoms in total. The minimum atomic E-state index is -0.430. The van der Waals surface area contributed by atoms with E-state index in [0.717, 1.165) is 20.3 Å². The first kappa shape index (κ1) is 43.3. The van der Waals surface area contributed by atoms with Crippen LogP contribution in [-0.2, 0) is 50.4 Å². The van der Waals surface area contributed by atoms with Gasteiger partial charge in [0.1, 0.15) is 0 Å². The number of nitrogens with one attached hydrogen (secondary N) is 2. The number of halogens is 3. The third kappa shape index (κ3) is 19.6. The summed E-state index contributed by atoms with van der Waals surface area (Å²) in [4.78, 5) is 22.9. The fourth-order valence-electron chi connectivity index (χ4n) is 2.11. The molecule has 2 rings (SSSR count). The first-order chi connectivity index (χ1) is 18.0. The van der Waals surface area contributed by atoms with Gasteiger partial charge in [0.05, 0.1) is 30.6 Å². The molecule has 228 valence electrons. The molecule has 0 saturated heterocycles. The number of carbonyl (C=O) groups excluding carboxylic acids is 2. The van der Waals surface area contributed by atoms with Gasteiger partial charge in [-0.2, -0.15) is 0 Å². The second-order valence-electron chi connectivity index (χ2n) is 7.44. The zero-order chi connectivity index (χ0) is 28.5. The van der Waals surface area contributed by atoms with Crippen molar-refractivity contribution in [3.8, 4) is 0 Å². The fourth-order valence-corrected chi connectivity index (χ4v) is 2.63. The molecule has 3 N–H and O–H groups in total. The molecular weight excluding hydrogens is 872 g/mol. The molecule has 0 spiro atoms. The van der Waals surface area contributed by atoms with E-state index >= 15 is 0 Å². The standard InChI is InChI=1S/2C12H15BrN4O2.ClH.2Pd/c2*1-8(9(2)17-19)15-16-12(18)7-14-11-5-3-10(13)4-6-11;;;/h2*3-6,14H,7H2,1-2H3,(H2,15,16,17,18,19);1H;;/q;;;2*+2/p-4. The smallest absolute Gasteiger partial charge is 1.00 e. The summed E-state index contributed by atoms with van der Waals surface area (Å²) in [6.45, 7) is 6.33. The molecule has 0 aromatic heterocycles. The molecule has 41 heavy (non-hydrogen) atoms. The Balaban J connectivity index is -0.000000656. The Bertz CT molecular complexity index is 1110. The summed E-state index contributed by atoms with van der Waals surface area (Å²) in [5, 5.41) is 37.6. The van der Waals surface area contributed by atoms with E-state index in [0.29, 0.717) is 17.1 Å². The first-order valence-corrected chi connectivity index (χ1v) is 12.6. The van der Waals surface area contributed by atoms with E-state index in [1.54, 1.807) is 20.8 Å². The van der Waals surface area contributed by atoms with Crippen molar-refractivity contribution in [3.05, 3.63) is 73.5 Å². The Hall–Kier alpha value is -2.17. The number of benzene rings is 2. The summed E-state index contributed by atoms with van der Waals surface area (Å²) in [5.41, 5.74) is 9.86. The Labute approximate surface area is 289 Å². The van der Waals surface area contributed by atoms with Gasteiger partial charge in [-0.3, -0.25) is 0 Å². The fraction of sp³-hybridized carbons (Fsp3) is 0.250.